The van der Waals surface area contributed by atoms with Gasteiger partial charge in [0, 0.05) is 39.6 Å². The van der Waals surface area contributed by atoms with Gasteiger partial charge in [0.15, 0.2) is 0 Å². The predicted molar refractivity (Wildman–Crippen MR) is 69.4 cm³/mol. The lowest BCUT2D eigenvalue weighted by molar-refractivity contribution is 1.09. The van der Waals surface area contributed by atoms with Crippen LogP contribution < -0.4 is 0 Å². The van der Waals surface area contributed by atoms with E-state index in [0.717, 1.165) is 26.6 Å². The van der Waals surface area contributed by atoms with Crippen LogP contribution in [0.5, 0.6) is 0 Å². The molecule has 6 heteroatoms. The van der Waals surface area contributed by atoms with Crippen LogP contribution in [0.15, 0.2) is 35.3 Å². The van der Waals surface area contributed by atoms with E-state index in [2.05, 4.69) is 43.9 Å². The molecule has 0 unspecified atom stereocenters. The zero-order valence-electron chi connectivity index (χ0n) is 8.05. The lowest BCUT2D eigenvalue weighted by Gasteiger charge is -1.95. The number of pyridine rings is 1. The summed E-state index contributed by atoms with van der Waals surface area (Å²) < 4.78 is 2.66. The van der Waals surface area contributed by atoms with E-state index in [-0.39, 0.29) is 0 Å². The molecule has 3 heterocycles. The van der Waals surface area contributed by atoms with Crippen LogP contribution in [-0.2, 0) is 0 Å². The fourth-order valence-electron chi connectivity index (χ4n) is 1.69. The highest BCUT2D eigenvalue weighted by Gasteiger charge is 2.11. The van der Waals surface area contributed by atoms with E-state index in [1.54, 1.807) is 16.4 Å². The summed E-state index contributed by atoms with van der Waals surface area (Å²) in [5, 5.41) is 7.79. The Balaban J connectivity index is 2.37. The number of aromatic amines is 1. The minimum atomic E-state index is 0.836. The molecule has 0 aromatic carbocycles. The zero-order valence-corrected chi connectivity index (χ0v) is 10.5. The lowest BCUT2D eigenvalue weighted by Crippen LogP contribution is -1.80. The number of rotatable bonds is 1. The van der Waals surface area contributed by atoms with E-state index in [1.807, 2.05) is 18.5 Å². The Bertz CT molecular complexity index is 644. The molecular weight excluding hydrogens is 288 g/mol. The smallest absolute Gasteiger partial charge is 0.150 e. The molecule has 1 N–H and O–H groups in total. The number of thiol groups is 1. The van der Waals surface area contributed by atoms with Crippen molar-refractivity contribution in [3.63, 3.8) is 0 Å². The first-order valence-electron chi connectivity index (χ1n) is 4.61. The Morgan fingerprint density at radius 2 is 2.25 bits per heavy atom. The molecule has 0 spiro atoms. The van der Waals surface area contributed by atoms with Crippen LogP contribution in [0.2, 0.25) is 0 Å². The van der Waals surface area contributed by atoms with Gasteiger partial charge in [-0.1, -0.05) is 12.8 Å². The molecule has 0 aliphatic heterocycles. The van der Waals surface area contributed by atoms with Crippen molar-refractivity contribution < 1.29 is 0 Å². The van der Waals surface area contributed by atoms with Crippen LogP contribution in [0, 0.1) is 0 Å². The number of H-pyrrole nitrogens is 1. The number of nitrogens with zero attached hydrogens (tertiary/aromatic N) is 3. The Morgan fingerprint density at radius 1 is 1.38 bits per heavy atom. The fraction of sp³-hybridized carbons (Fsp3) is 0. The van der Waals surface area contributed by atoms with Gasteiger partial charge in [0.05, 0.1) is 6.20 Å². The standard InChI is InChI=1S/C10H7BrN4S/c11-7-1-8-9(6-2-13-14-3-6)5-15(16)10(8)12-4-7/h1-5,16H,(H,13,14). The number of halogens is 1. The minimum Gasteiger partial charge on any atom is -0.285 e. The molecule has 0 fully saturated rings. The van der Waals surface area contributed by atoms with Gasteiger partial charge in [-0.15, -0.1) is 0 Å². The highest BCUT2D eigenvalue weighted by Crippen LogP contribution is 2.31. The summed E-state index contributed by atoms with van der Waals surface area (Å²) in [6.07, 6.45) is 7.32. The summed E-state index contributed by atoms with van der Waals surface area (Å²) in [4.78, 5) is 4.32. The van der Waals surface area contributed by atoms with E-state index < -0.39 is 0 Å². The zero-order chi connectivity index (χ0) is 11.1. The van der Waals surface area contributed by atoms with Gasteiger partial charge in [0.2, 0.25) is 0 Å². The number of aromatic nitrogens is 4. The third kappa shape index (κ3) is 1.45. The first-order valence-corrected chi connectivity index (χ1v) is 5.80. The molecule has 0 saturated heterocycles. The van der Waals surface area contributed by atoms with Gasteiger partial charge in [-0.3, -0.25) is 9.07 Å². The topological polar surface area (TPSA) is 46.5 Å². The Labute approximate surface area is 105 Å². The summed E-state index contributed by atoms with van der Waals surface area (Å²) >= 11 is 7.76. The average molecular weight is 295 g/mol. The molecule has 3 aromatic heterocycles. The van der Waals surface area contributed by atoms with Gasteiger partial charge in [-0.05, 0) is 22.0 Å². The number of fused-ring (bicyclic) bond motifs is 1. The summed E-state index contributed by atoms with van der Waals surface area (Å²) in [6, 6.07) is 2.03. The van der Waals surface area contributed by atoms with Crippen molar-refractivity contribution in [3.05, 3.63) is 35.3 Å². The second-order valence-corrected chi connectivity index (χ2v) is 4.75. The van der Waals surface area contributed by atoms with Crippen LogP contribution >= 0.6 is 28.7 Å². The first-order chi connectivity index (χ1) is 7.75. The van der Waals surface area contributed by atoms with Crippen molar-refractivity contribution in [1.82, 2.24) is 19.2 Å². The Hall–Kier alpha value is -1.27. The highest BCUT2D eigenvalue weighted by atomic mass is 79.9. The van der Waals surface area contributed by atoms with Crippen molar-refractivity contribution in [2.24, 2.45) is 0 Å². The summed E-state index contributed by atoms with van der Waals surface area (Å²) in [6.45, 7) is 0. The van der Waals surface area contributed by atoms with Crippen LogP contribution in [-0.4, -0.2) is 19.2 Å². The van der Waals surface area contributed by atoms with Crippen LogP contribution in [0.25, 0.3) is 22.2 Å². The Morgan fingerprint density at radius 3 is 3.00 bits per heavy atom. The van der Waals surface area contributed by atoms with Crippen molar-refractivity contribution >= 4 is 39.8 Å². The van der Waals surface area contributed by atoms with Gasteiger partial charge in [-0.25, -0.2) is 4.98 Å². The van der Waals surface area contributed by atoms with Crippen molar-refractivity contribution in [1.29, 1.82) is 0 Å². The molecule has 16 heavy (non-hydrogen) atoms. The molecule has 0 radical (unpaired) electrons. The van der Waals surface area contributed by atoms with Crippen LogP contribution in [0.3, 0.4) is 0 Å². The average Bonchev–Trinajstić information content (AvgIpc) is 2.86. The minimum absolute atomic E-state index is 0.836. The fourth-order valence-corrected chi connectivity index (χ4v) is 2.30. The normalized spacial score (nSPS) is 11.1. The van der Waals surface area contributed by atoms with Gasteiger partial charge in [0.1, 0.15) is 5.65 Å². The molecule has 4 nitrogen and oxygen atoms in total. The van der Waals surface area contributed by atoms with Crippen LogP contribution in [0.4, 0.5) is 0 Å². The van der Waals surface area contributed by atoms with E-state index in [0.29, 0.717) is 0 Å². The molecule has 0 aliphatic rings. The van der Waals surface area contributed by atoms with Crippen LogP contribution in [0.1, 0.15) is 0 Å². The number of nitrogens with one attached hydrogen (secondary N) is 1. The monoisotopic (exact) mass is 294 g/mol. The van der Waals surface area contributed by atoms with Crippen molar-refractivity contribution in [3.8, 4) is 11.1 Å². The number of hydrogen-bond acceptors (Lipinski definition) is 3. The molecule has 0 bridgehead atoms. The summed E-state index contributed by atoms with van der Waals surface area (Å²) in [5.74, 6) is 0. The van der Waals surface area contributed by atoms with Gasteiger partial charge in [0.25, 0.3) is 0 Å². The second kappa shape index (κ2) is 3.64. The maximum Gasteiger partial charge on any atom is 0.150 e. The van der Waals surface area contributed by atoms with E-state index in [9.17, 15) is 0 Å². The molecule has 80 valence electrons. The second-order valence-electron chi connectivity index (χ2n) is 3.40. The predicted octanol–water partition coefficient (Wildman–Crippen LogP) is 2.88. The van der Waals surface area contributed by atoms with E-state index in [4.69, 9.17) is 0 Å². The number of hydrogen-bond donors (Lipinski definition) is 2. The quantitative estimate of drug-likeness (QED) is 0.678. The third-order valence-electron chi connectivity index (χ3n) is 2.40. The SMILES string of the molecule is Sn1cc(-c2cn[nH]c2)c2cc(Br)cnc21. The Kier molecular flexibility index (Phi) is 2.26. The van der Waals surface area contributed by atoms with Gasteiger partial charge in [-0.2, -0.15) is 5.10 Å². The van der Waals surface area contributed by atoms with Gasteiger partial charge < -0.3 is 0 Å². The van der Waals surface area contributed by atoms with Gasteiger partial charge >= 0.3 is 0 Å². The molecule has 0 amide bonds. The molecule has 0 aliphatic carbocycles. The molecule has 3 aromatic rings. The summed E-state index contributed by atoms with van der Waals surface area (Å²) in [7, 11) is 0. The molecule has 0 atom stereocenters. The van der Waals surface area contributed by atoms with Crippen molar-refractivity contribution in [2.45, 2.75) is 0 Å². The maximum atomic E-state index is 4.34. The maximum absolute atomic E-state index is 4.34. The van der Waals surface area contributed by atoms with E-state index >= 15 is 0 Å². The highest BCUT2D eigenvalue weighted by molar-refractivity contribution is 9.10. The van der Waals surface area contributed by atoms with E-state index in [1.165, 1.54) is 0 Å². The first kappa shape index (κ1) is 9.92. The molecule has 3 rings (SSSR count). The lowest BCUT2D eigenvalue weighted by atomic mass is 10.1. The van der Waals surface area contributed by atoms with Crippen molar-refractivity contribution in [2.75, 3.05) is 0 Å². The third-order valence-corrected chi connectivity index (χ3v) is 3.14. The largest absolute Gasteiger partial charge is 0.285 e. The molecule has 0 saturated carbocycles. The molecular formula is C10H7BrN4S. The summed E-state index contributed by atoms with van der Waals surface area (Å²) in [5.41, 5.74) is 2.92.